The summed E-state index contributed by atoms with van der Waals surface area (Å²) >= 11 is 6.05. The van der Waals surface area contributed by atoms with Crippen LogP contribution in [-0.4, -0.2) is 40.4 Å². The molecule has 1 amide bonds. The second-order valence-electron chi connectivity index (χ2n) is 5.68. The third kappa shape index (κ3) is 3.51. The molecule has 1 atom stereocenters. The van der Waals surface area contributed by atoms with Crippen LogP contribution in [0.1, 0.15) is 18.4 Å². The summed E-state index contributed by atoms with van der Waals surface area (Å²) in [5.41, 5.74) is 1.22. The second kappa shape index (κ2) is 7.06. The molecule has 3 rings (SSSR count). The highest BCUT2D eigenvalue weighted by molar-refractivity contribution is 6.32. The predicted molar refractivity (Wildman–Crippen MR) is 90.3 cm³/mol. The molecule has 0 radical (unpaired) electrons. The van der Waals surface area contributed by atoms with Gasteiger partial charge < -0.3 is 0 Å². The molecule has 23 heavy (non-hydrogen) atoms. The van der Waals surface area contributed by atoms with Gasteiger partial charge >= 0.3 is 0 Å². The minimum atomic E-state index is -0.140. The number of aromatic nitrogens is 2. The lowest BCUT2D eigenvalue weighted by molar-refractivity contribution is -0.122. The number of hydrogen-bond donors (Lipinski definition) is 0. The summed E-state index contributed by atoms with van der Waals surface area (Å²) in [6.45, 7) is 1.70. The molecule has 2 heterocycles. The summed E-state index contributed by atoms with van der Waals surface area (Å²) in [6.07, 6.45) is 4.93. The van der Waals surface area contributed by atoms with Crippen molar-refractivity contribution in [3.8, 4) is 0 Å². The Labute approximate surface area is 140 Å². The van der Waals surface area contributed by atoms with Gasteiger partial charge in [0, 0.05) is 26.0 Å². The van der Waals surface area contributed by atoms with Crippen molar-refractivity contribution in [2.45, 2.75) is 25.4 Å². The molecule has 1 unspecified atom stereocenters. The fourth-order valence-corrected chi connectivity index (χ4v) is 3.21. The molecule has 0 bridgehead atoms. The number of nitrogens with zero attached hydrogens (tertiary/aromatic N) is 4. The lowest BCUT2D eigenvalue weighted by atomic mass is 10.1. The molecule has 0 spiro atoms. The van der Waals surface area contributed by atoms with Crippen LogP contribution in [0.4, 0.5) is 5.82 Å². The summed E-state index contributed by atoms with van der Waals surface area (Å²) < 4.78 is 0. The number of carbonyl (C=O) groups excluding carboxylic acids is 1. The van der Waals surface area contributed by atoms with Gasteiger partial charge in [0.1, 0.15) is 0 Å². The molecule has 1 saturated heterocycles. The number of anilines is 1. The topological polar surface area (TPSA) is 49.3 Å². The van der Waals surface area contributed by atoms with Crippen molar-refractivity contribution in [1.29, 1.82) is 0 Å². The van der Waals surface area contributed by atoms with Gasteiger partial charge in [-0.2, -0.15) is 0 Å². The lowest BCUT2D eigenvalue weighted by Crippen LogP contribution is -2.44. The van der Waals surface area contributed by atoms with Crippen molar-refractivity contribution in [3.05, 3.63) is 53.4 Å². The van der Waals surface area contributed by atoms with Crippen molar-refractivity contribution in [3.63, 3.8) is 0 Å². The maximum Gasteiger partial charge on any atom is 0.245 e. The third-order valence-corrected chi connectivity index (χ3v) is 4.43. The average Bonchev–Trinajstić information content (AvgIpc) is 3.03. The van der Waals surface area contributed by atoms with Gasteiger partial charge in [0.25, 0.3) is 0 Å². The predicted octanol–water partition coefficient (Wildman–Crippen LogP) is 2.76. The van der Waals surface area contributed by atoms with Gasteiger partial charge in [-0.1, -0.05) is 41.9 Å². The van der Waals surface area contributed by atoms with Crippen LogP contribution < -0.4 is 4.90 Å². The maximum absolute atomic E-state index is 12.9. The first-order chi connectivity index (χ1) is 11.2. The quantitative estimate of drug-likeness (QED) is 0.865. The molecule has 5 nitrogen and oxygen atoms in total. The summed E-state index contributed by atoms with van der Waals surface area (Å²) in [6, 6.07) is 10.1. The summed E-state index contributed by atoms with van der Waals surface area (Å²) in [5.74, 6) is 0.423. The molecule has 1 aromatic heterocycles. The van der Waals surface area contributed by atoms with Gasteiger partial charge in [0.15, 0.2) is 11.0 Å². The van der Waals surface area contributed by atoms with Crippen LogP contribution in [0.3, 0.4) is 0 Å². The van der Waals surface area contributed by atoms with E-state index in [2.05, 4.69) is 27.0 Å². The Kier molecular flexibility index (Phi) is 4.88. The molecule has 2 aromatic rings. The molecule has 1 fully saturated rings. The fourth-order valence-electron chi connectivity index (χ4n) is 2.98. The van der Waals surface area contributed by atoms with E-state index in [1.54, 1.807) is 13.2 Å². The molecule has 1 aromatic carbocycles. The lowest BCUT2D eigenvalue weighted by Gasteiger charge is -2.27. The Balaban J connectivity index is 1.74. The number of hydrogen-bond acceptors (Lipinski definition) is 4. The number of likely N-dealkylation sites (tertiary alicyclic amines) is 1. The minimum absolute atomic E-state index is 0.0147. The van der Waals surface area contributed by atoms with Crippen molar-refractivity contribution in [2.75, 3.05) is 18.5 Å². The molecule has 0 aliphatic carbocycles. The van der Waals surface area contributed by atoms with Crippen LogP contribution in [0.25, 0.3) is 0 Å². The third-order valence-electron chi connectivity index (χ3n) is 4.16. The number of carbonyl (C=O) groups is 1. The number of amides is 1. The molecule has 1 aliphatic heterocycles. The van der Waals surface area contributed by atoms with Crippen LogP contribution in [0.15, 0.2) is 42.7 Å². The van der Waals surface area contributed by atoms with Gasteiger partial charge in [0.2, 0.25) is 5.91 Å². The van der Waals surface area contributed by atoms with Crippen LogP contribution >= 0.6 is 11.6 Å². The molecule has 0 saturated carbocycles. The normalized spacial score (nSPS) is 18.1. The molecular formula is C17H19ClN4O. The number of likely N-dealkylation sites (N-methyl/N-ethyl adjacent to an activating group) is 1. The highest BCUT2D eigenvalue weighted by Gasteiger charge is 2.33. The van der Waals surface area contributed by atoms with Crippen molar-refractivity contribution < 1.29 is 4.79 Å². The average molecular weight is 331 g/mol. The van der Waals surface area contributed by atoms with Crippen molar-refractivity contribution >= 4 is 23.3 Å². The first-order valence-electron chi connectivity index (χ1n) is 7.69. The van der Waals surface area contributed by atoms with E-state index >= 15 is 0 Å². The van der Waals surface area contributed by atoms with E-state index in [1.165, 1.54) is 16.7 Å². The number of halogens is 1. The summed E-state index contributed by atoms with van der Waals surface area (Å²) in [5, 5.41) is 0.246. The molecular weight excluding hydrogens is 312 g/mol. The molecule has 6 heteroatoms. The molecule has 120 valence electrons. The zero-order valence-electron chi connectivity index (χ0n) is 13.0. The van der Waals surface area contributed by atoms with E-state index in [0.29, 0.717) is 5.82 Å². The summed E-state index contributed by atoms with van der Waals surface area (Å²) in [4.78, 5) is 24.8. The number of benzene rings is 1. The van der Waals surface area contributed by atoms with Gasteiger partial charge in [-0.15, -0.1) is 0 Å². The Morgan fingerprint density at radius 3 is 2.78 bits per heavy atom. The van der Waals surface area contributed by atoms with E-state index in [1.807, 2.05) is 18.2 Å². The van der Waals surface area contributed by atoms with Gasteiger partial charge in [-0.3, -0.25) is 14.6 Å². The Morgan fingerprint density at radius 1 is 1.30 bits per heavy atom. The van der Waals surface area contributed by atoms with Crippen LogP contribution in [-0.2, 0) is 11.3 Å². The largest absolute Gasteiger partial charge is 0.296 e. The Morgan fingerprint density at radius 2 is 2.04 bits per heavy atom. The summed E-state index contributed by atoms with van der Waals surface area (Å²) in [7, 11) is 1.71. The second-order valence-corrected chi connectivity index (χ2v) is 6.04. The Bertz CT molecular complexity index is 679. The monoisotopic (exact) mass is 330 g/mol. The van der Waals surface area contributed by atoms with E-state index in [4.69, 9.17) is 11.6 Å². The van der Waals surface area contributed by atoms with Crippen molar-refractivity contribution in [1.82, 2.24) is 14.9 Å². The van der Waals surface area contributed by atoms with Crippen LogP contribution in [0, 0.1) is 0 Å². The first kappa shape index (κ1) is 15.9. The minimum Gasteiger partial charge on any atom is -0.296 e. The highest BCUT2D eigenvalue weighted by Crippen LogP contribution is 2.25. The Hall–Kier alpha value is -1.98. The van der Waals surface area contributed by atoms with E-state index in [9.17, 15) is 4.79 Å². The fraction of sp³-hybridized carbons (Fsp3) is 0.353. The number of rotatable bonds is 4. The van der Waals surface area contributed by atoms with Gasteiger partial charge in [-0.25, -0.2) is 9.97 Å². The van der Waals surface area contributed by atoms with E-state index in [0.717, 1.165) is 25.9 Å². The smallest absolute Gasteiger partial charge is 0.245 e. The van der Waals surface area contributed by atoms with E-state index in [-0.39, 0.29) is 17.1 Å². The van der Waals surface area contributed by atoms with E-state index < -0.39 is 0 Å². The zero-order chi connectivity index (χ0) is 16.2. The first-order valence-corrected chi connectivity index (χ1v) is 8.06. The molecule has 0 N–H and O–H groups in total. The standard InChI is InChI=1S/C17H19ClN4O/c1-21(16-15(18)19-9-10-20-16)17(23)14-8-5-11-22(14)12-13-6-3-2-4-7-13/h2-4,6-7,9-10,14H,5,8,11-12H2,1H3. The highest BCUT2D eigenvalue weighted by atomic mass is 35.5. The zero-order valence-corrected chi connectivity index (χ0v) is 13.8. The molecule has 1 aliphatic rings. The van der Waals surface area contributed by atoms with Gasteiger partial charge in [0.05, 0.1) is 6.04 Å². The van der Waals surface area contributed by atoms with Crippen molar-refractivity contribution in [2.24, 2.45) is 0 Å². The SMILES string of the molecule is CN(C(=O)C1CCCN1Cc1ccccc1)c1nccnc1Cl. The maximum atomic E-state index is 12.9. The van der Waals surface area contributed by atoms with Crippen LogP contribution in [0.2, 0.25) is 5.15 Å². The van der Waals surface area contributed by atoms with Crippen LogP contribution in [0.5, 0.6) is 0 Å². The van der Waals surface area contributed by atoms with Gasteiger partial charge in [-0.05, 0) is 24.9 Å².